The molecule has 0 aliphatic heterocycles. The second-order valence-electron chi connectivity index (χ2n) is 7.52. The van der Waals surface area contributed by atoms with E-state index >= 15 is 0 Å². The summed E-state index contributed by atoms with van der Waals surface area (Å²) in [5.41, 5.74) is 2.53. The van der Waals surface area contributed by atoms with Crippen molar-refractivity contribution in [1.82, 2.24) is 14.5 Å². The van der Waals surface area contributed by atoms with Crippen LogP contribution in [0.4, 0.5) is 5.82 Å². The molecule has 1 unspecified atom stereocenters. The van der Waals surface area contributed by atoms with Crippen LogP contribution in [0.1, 0.15) is 18.1 Å². The highest BCUT2D eigenvalue weighted by atomic mass is 35.5. The van der Waals surface area contributed by atoms with Gasteiger partial charge in [-0.2, -0.15) is 0 Å². The second kappa shape index (κ2) is 9.95. The lowest BCUT2D eigenvalue weighted by Gasteiger charge is -2.17. The molecule has 0 aliphatic rings. The van der Waals surface area contributed by atoms with Crippen LogP contribution in [-0.4, -0.2) is 25.7 Å². The van der Waals surface area contributed by atoms with Gasteiger partial charge in [0.2, 0.25) is 5.91 Å². The number of aryl methyl sites for hydroxylation is 1. The number of amides is 1. The fraction of sp³-hybridized carbons (Fsp3) is 0.167. The highest BCUT2D eigenvalue weighted by Crippen LogP contribution is 2.26. The van der Waals surface area contributed by atoms with E-state index in [9.17, 15) is 9.59 Å². The zero-order chi connectivity index (χ0) is 23.5. The fourth-order valence-electron chi connectivity index (χ4n) is 3.19. The number of nitrogens with one attached hydrogen (secondary N) is 1. The molecule has 0 bridgehead atoms. The van der Waals surface area contributed by atoms with Crippen molar-refractivity contribution in [2.75, 3.05) is 5.32 Å². The van der Waals surface area contributed by atoms with Crippen LogP contribution in [0.15, 0.2) is 70.7 Å². The number of aromatic nitrogens is 3. The minimum Gasteiger partial charge on any atom is -0.308 e. The SMILES string of the molecule is Cc1ccc(Cn2c(SC(C)C(=O)Nc3ncc(Cl)cc3Cl)nc3ccccc3c2=O)cc1. The van der Waals surface area contributed by atoms with Crippen LogP contribution in [0.3, 0.4) is 0 Å². The lowest BCUT2D eigenvalue weighted by atomic mass is 10.1. The number of pyridine rings is 1. The molecule has 1 N–H and O–H groups in total. The van der Waals surface area contributed by atoms with Crippen LogP contribution in [0, 0.1) is 6.92 Å². The van der Waals surface area contributed by atoms with Crippen LogP contribution < -0.4 is 10.9 Å². The van der Waals surface area contributed by atoms with Crippen molar-refractivity contribution >= 4 is 57.6 Å². The first-order valence-corrected chi connectivity index (χ1v) is 11.8. The molecule has 0 fully saturated rings. The first-order valence-electron chi connectivity index (χ1n) is 10.2. The van der Waals surface area contributed by atoms with E-state index < -0.39 is 5.25 Å². The van der Waals surface area contributed by atoms with Gasteiger partial charge in [-0.25, -0.2) is 9.97 Å². The van der Waals surface area contributed by atoms with E-state index in [4.69, 9.17) is 28.2 Å². The van der Waals surface area contributed by atoms with Gasteiger partial charge in [0.25, 0.3) is 5.56 Å². The van der Waals surface area contributed by atoms with E-state index in [1.807, 2.05) is 43.3 Å². The predicted molar refractivity (Wildman–Crippen MR) is 134 cm³/mol. The van der Waals surface area contributed by atoms with Crippen molar-refractivity contribution in [3.8, 4) is 0 Å². The van der Waals surface area contributed by atoms with Crippen molar-refractivity contribution in [3.05, 3.63) is 92.3 Å². The molecular weight excluding hydrogens is 479 g/mol. The van der Waals surface area contributed by atoms with Crippen LogP contribution >= 0.6 is 35.0 Å². The summed E-state index contributed by atoms with van der Waals surface area (Å²) in [7, 11) is 0. The Hall–Kier alpha value is -2.87. The van der Waals surface area contributed by atoms with Crippen molar-refractivity contribution in [2.24, 2.45) is 0 Å². The largest absolute Gasteiger partial charge is 0.308 e. The maximum atomic E-state index is 13.3. The molecule has 9 heteroatoms. The van der Waals surface area contributed by atoms with Gasteiger partial charge < -0.3 is 5.32 Å². The maximum absolute atomic E-state index is 13.3. The minimum atomic E-state index is -0.573. The zero-order valence-corrected chi connectivity index (χ0v) is 20.2. The molecule has 0 radical (unpaired) electrons. The standard InChI is InChI=1S/C24H20Cl2N4O2S/c1-14-7-9-16(10-8-14)13-30-23(32)18-5-3-4-6-20(18)28-24(30)33-15(2)22(31)29-21-19(26)11-17(25)12-27-21/h3-12,15H,13H2,1-2H3,(H,27,29,31). The summed E-state index contributed by atoms with van der Waals surface area (Å²) in [4.78, 5) is 34.9. The number of carbonyl (C=O) groups excluding carboxylic acids is 1. The summed E-state index contributed by atoms with van der Waals surface area (Å²) in [6.45, 7) is 4.09. The number of fused-ring (bicyclic) bond motifs is 1. The Kier molecular flexibility index (Phi) is 7.02. The predicted octanol–water partition coefficient (Wildman–Crippen LogP) is 5.57. The molecule has 6 nitrogen and oxygen atoms in total. The average molecular weight is 499 g/mol. The first-order chi connectivity index (χ1) is 15.8. The van der Waals surface area contributed by atoms with Gasteiger partial charge in [0.05, 0.1) is 32.7 Å². The van der Waals surface area contributed by atoms with Gasteiger partial charge in [-0.05, 0) is 37.6 Å². The summed E-state index contributed by atoms with van der Waals surface area (Å²) < 4.78 is 1.61. The van der Waals surface area contributed by atoms with Crippen LogP contribution in [0.5, 0.6) is 0 Å². The lowest BCUT2D eigenvalue weighted by molar-refractivity contribution is -0.115. The van der Waals surface area contributed by atoms with Gasteiger partial charge in [0.1, 0.15) is 0 Å². The Morgan fingerprint density at radius 3 is 2.61 bits per heavy atom. The van der Waals surface area contributed by atoms with E-state index in [1.165, 1.54) is 24.0 Å². The Balaban J connectivity index is 1.65. The quantitative estimate of drug-likeness (QED) is 0.277. The molecule has 33 heavy (non-hydrogen) atoms. The smallest absolute Gasteiger partial charge is 0.262 e. The number of halogens is 2. The molecule has 1 amide bonds. The third-order valence-corrected chi connectivity index (χ3v) is 6.57. The number of anilines is 1. The molecule has 2 heterocycles. The molecule has 0 saturated heterocycles. The number of para-hydroxylation sites is 1. The molecule has 0 saturated carbocycles. The molecular formula is C24H20Cl2N4O2S. The minimum absolute atomic E-state index is 0.154. The van der Waals surface area contributed by atoms with Crippen molar-refractivity contribution in [1.29, 1.82) is 0 Å². The van der Waals surface area contributed by atoms with Crippen LogP contribution in [0.25, 0.3) is 10.9 Å². The van der Waals surface area contributed by atoms with Gasteiger partial charge in [0, 0.05) is 6.20 Å². The molecule has 0 aliphatic carbocycles. The number of nitrogens with zero attached hydrogens (tertiary/aromatic N) is 3. The Labute approximate surface area is 205 Å². The normalized spacial score (nSPS) is 12.0. The molecule has 1 atom stereocenters. The Morgan fingerprint density at radius 1 is 1.15 bits per heavy atom. The molecule has 2 aromatic heterocycles. The van der Waals surface area contributed by atoms with Gasteiger partial charge in [-0.1, -0.05) is 76.9 Å². The topological polar surface area (TPSA) is 76.9 Å². The first kappa shape index (κ1) is 23.3. The molecule has 0 spiro atoms. The fourth-order valence-corrected chi connectivity index (χ4v) is 4.52. The monoisotopic (exact) mass is 498 g/mol. The van der Waals surface area contributed by atoms with Crippen LogP contribution in [-0.2, 0) is 11.3 Å². The highest BCUT2D eigenvalue weighted by Gasteiger charge is 2.21. The summed E-state index contributed by atoms with van der Waals surface area (Å²) in [6, 6.07) is 16.7. The van der Waals surface area contributed by atoms with Gasteiger partial charge in [-0.15, -0.1) is 0 Å². The molecule has 4 aromatic rings. The molecule has 168 valence electrons. The third kappa shape index (κ3) is 5.38. The van der Waals surface area contributed by atoms with E-state index in [1.54, 1.807) is 23.6 Å². The second-order valence-corrected chi connectivity index (χ2v) is 9.67. The highest BCUT2D eigenvalue weighted by molar-refractivity contribution is 8.00. The zero-order valence-electron chi connectivity index (χ0n) is 17.9. The number of benzene rings is 2. The molecule has 2 aromatic carbocycles. The van der Waals surface area contributed by atoms with Crippen molar-refractivity contribution in [2.45, 2.75) is 30.8 Å². The van der Waals surface area contributed by atoms with Crippen molar-refractivity contribution in [3.63, 3.8) is 0 Å². The van der Waals surface area contributed by atoms with Gasteiger partial charge in [-0.3, -0.25) is 14.2 Å². The number of thioether (sulfide) groups is 1. The number of rotatable bonds is 6. The number of hydrogen-bond acceptors (Lipinski definition) is 5. The number of carbonyl (C=O) groups is 1. The molecule has 4 rings (SSSR count). The van der Waals surface area contributed by atoms with Gasteiger partial charge >= 0.3 is 0 Å². The number of hydrogen-bond donors (Lipinski definition) is 1. The maximum Gasteiger partial charge on any atom is 0.262 e. The summed E-state index contributed by atoms with van der Waals surface area (Å²) in [5, 5.41) is 3.74. The van der Waals surface area contributed by atoms with Crippen molar-refractivity contribution < 1.29 is 4.79 Å². The van der Waals surface area contributed by atoms with E-state index in [0.29, 0.717) is 27.6 Å². The Bertz CT molecular complexity index is 1390. The third-order valence-electron chi connectivity index (χ3n) is 4.99. The average Bonchev–Trinajstić information content (AvgIpc) is 2.79. The lowest BCUT2D eigenvalue weighted by Crippen LogP contribution is -2.27. The van der Waals surface area contributed by atoms with E-state index in [-0.39, 0.29) is 22.3 Å². The van der Waals surface area contributed by atoms with Crippen LogP contribution in [0.2, 0.25) is 10.0 Å². The van der Waals surface area contributed by atoms with E-state index in [0.717, 1.165) is 11.1 Å². The summed E-state index contributed by atoms with van der Waals surface area (Å²) in [5.74, 6) is -0.0944. The van der Waals surface area contributed by atoms with Gasteiger partial charge in [0.15, 0.2) is 11.0 Å². The van der Waals surface area contributed by atoms with E-state index in [2.05, 4.69) is 10.3 Å². The summed E-state index contributed by atoms with van der Waals surface area (Å²) >= 11 is 13.2. The Morgan fingerprint density at radius 2 is 1.88 bits per heavy atom. The summed E-state index contributed by atoms with van der Waals surface area (Å²) in [6.07, 6.45) is 1.41.